The van der Waals surface area contributed by atoms with E-state index in [1.165, 1.54) is 12.8 Å². The van der Waals surface area contributed by atoms with Gasteiger partial charge in [-0.15, -0.1) is 0 Å². The Morgan fingerprint density at radius 3 is 2.39 bits per heavy atom. The Kier molecular flexibility index (Phi) is 11.8. The molecule has 264 valence electrons. The third kappa shape index (κ3) is 9.67. The zero-order chi connectivity index (χ0) is 35.3. The molecule has 0 spiro atoms. The van der Waals surface area contributed by atoms with Gasteiger partial charge in [0.2, 0.25) is 5.91 Å². The second kappa shape index (κ2) is 15.8. The average Bonchev–Trinajstić information content (AvgIpc) is 3.38. The van der Waals surface area contributed by atoms with Gasteiger partial charge in [0, 0.05) is 50.1 Å². The largest absolute Gasteiger partial charge is 0.446 e. The van der Waals surface area contributed by atoms with Crippen molar-refractivity contribution in [2.75, 3.05) is 20.1 Å². The van der Waals surface area contributed by atoms with Gasteiger partial charge in [-0.2, -0.15) is 0 Å². The van der Waals surface area contributed by atoms with Crippen molar-refractivity contribution in [2.24, 2.45) is 17.8 Å². The lowest BCUT2D eigenvalue weighted by atomic mass is 9.72. The molecule has 1 aliphatic carbocycles. The van der Waals surface area contributed by atoms with Gasteiger partial charge in [-0.1, -0.05) is 61.7 Å². The minimum absolute atomic E-state index is 0.0136. The number of aliphatic hydroxyl groups is 1. The van der Waals surface area contributed by atoms with E-state index in [2.05, 4.69) is 15.2 Å². The first kappa shape index (κ1) is 36.5. The Morgan fingerprint density at radius 2 is 1.71 bits per heavy atom. The number of aliphatic hydroxyl groups excluding tert-OH is 1. The molecule has 5 atom stereocenters. The topological polar surface area (TPSA) is 116 Å². The second-order valence-electron chi connectivity index (χ2n) is 15.4. The molecule has 2 heterocycles. The van der Waals surface area contributed by atoms with Gasteiger partial charge in [0.15, 0.2) is 11.7 Å². The molecule has 3 aromatic rings. The van der Waals surface area contributed by atoms with Gasteiger partial charge < -0.3 is 19.7 Å². The van der Waals surface area contributed by atoms with E-state index < -0.39 is 6.10 Å². The summed E-state index contributed by atoms with van der Waals surface area (Å²) in [6.07, 6.45) is 5.32. The van der Waals surface area contributed by atoms with Crippen molar-refractivity contribution in [2.45, 2.75) is 104 Å². The molecule has 1 aromatic heterocycles. The highest BCUT2D eigenvalue weighted by atomic mass is 16.4. The van der Waals surface area contributed by atoms with Gasteiger partial charge in [-0.25, -0.2) is 4.98 Å². The summed E-state index contributed by atoms with van der Waals surface area (Å²) in [5.74, 6) is 1.55. The van der Waals surface area contributed by atoms with E-state index in [0.717, 1.165) is 31.4 Å². The molecule has 9 heteroatoms. The van der Waals surface area contributed by atoms with Crippen molar-refractivity contribution in [3.8, 4) is 0 Å². The molecule has 0 unspecified atom stereocenters. The molecule has 1 saturated heterocycles. The average molecular weight is 671 g/mol. The van der Waals surface area contributed by atoms with Gasteiger partial charge in [-0.3, -0.25) is 19.3 Å². The van der Waals surface area contributed by atoms with E-state index in [9.17, 15) is 19.5 Å². The Balaban J connectivity index is 1.33. The third-order valence-corrected chi connectivity index (χ3v) is 10.2. The van der Waals surface area contributed by atoms with Crippen LogP contribution in [-0.2, 0) is 17.8 Å². The summed E-state index contributed by atoms with van der Waals surface area (Å²) in [7, 11) is 1.71. The van der Waals surface area contributed by atoms with Gasteiger partial charge in [0.05, 0.1) is 18.7 Å². The first-order valence-corrected chi connectivity index (χ1v) is 17.9. The highest BCUT2D eigenvalue weighted by Gasteiger charge is 2.41. The number of oxazole rings is 1. The maximum absolute atomic E-state index is 13.9. The van der Waals surface area contributed by atoms with E-state index in [0.29, 0.717) is 59.8 Å². The number of carbonyl (C=O) groups excluding carboxylic acids is 3. The Bertz CT molecular complexity index is 1600. The lowest BCUT2D eigenvalue weighted by Crippen LogP contribution is -2.59. The molecular formula is C40H54N4O5. The van der Waals surface area contributed by atoms with Crippen LogP contribution in [0.3, 0.4) is 0 Å². The lowest BCUT2D eigenvalue weighted by Gasteiger charge is -2.47. The monoisotopic (exact) mass is 670 g/mol. The normalized spacial score (nSPS) is 21.0. The summed E-state index contributed by atoms with van der Waals surface area (Å²) in [5, 5.41) is 15.1. The first-order chi connectivity index (χ1) is 23.3. The molecule has 0 bridgehead atoms. The van der Waals surface area contributed by atoms with Crippen LogP contribution in [-0.4, -0.2) is 75.3 Å². The van der Waals surface area contributed by atoms with E-state index in [-0.39, 0.29) is 41.5 Å². The van der Waals surface area contributed by atoms with Crippen LogP contribution >= 0.6 is 0 Å². The zero-order valence-electron chi connectivity index (χ0n) is 30.1. The molecule has 2 N–H and O–H groups in total. The van der Waals surface area contributed by atoms with Gasteiger partial charge in [0.25, 0.3) is 5.91 Å². The van der Waals surface area contributed by atoms with Crippen LogP contribution in [0, 0.1) is 31.6 Å². The minimum atomic E-state index is -0.834. The number of aromatic nitrogens is 1. The van der Waals surface area contributed by atoms with Crippen LogP contribution in [0.2, 0.25) is 0 Å². The van der Waals surface area contributed by atoms with E-state index in [1.54, 1.807) is 43.1 Å². The number of Topliss-reactive ketones (excluding diaryl/α,β-unsaturated/α-hetero) is 1. The van der Waals surface area contributed by atoms with Crippen molar-refractivity contribution in [3.63, 3.8) is 0 Å². The van der Waals surface area contributed by atoms with Gasteiger partial charge in [0.1, 0.15) is 11.5 Å². The molecule has 9 nitrogen and oxygen atoms in total. The van der Waals surface area contributed by atoms with E-state index in [1.807, 2.05) is 58.0 Å². The number of likely N-dealkylation sites (tertiary alicyclic amines) is 1. The number of hydrogen-bond acceptors (Lipinski definition) is 7. The van der Waals surface area contributed by atoms with Crippen molar-refractivity contribution in [1.29, 1.82) is 0 Å². The summed E-state index contributed by atoms with van der Waals surface area (Å²) in [5.41, 5.74) is 2.23. The highest BCUT2D eigenvalue weighted by Crippen LogP contribution is 2.39. The molecule has 5 rings (SSSR count). The Hall–Kier alpha value is -3.82. The standard InChI is InChI=1S/C40H54N4O5/c1-26-34(41-27(2)49-26)24-43(6)39(48)31-18-12-17-30(20-31)36(45)22-33(19-28-13-8-7-9-14-28)37(46)25-44-23-32-16-11-10-15-29(32)21-35(44)38(47)42-40(3,4)5/h7-9,12-14,17-18,20,29,32-33,35,37,46H,10-11,15-16,19,21-25H2,1-6H3,(H,42,47)/t29-,32+,33+,35-,37+/m0/s1. The number of hydrogen-bond donors (Lipinski definition) is 2. The molecule has 0 radical (unpaired) electrons. The fourth-order valence-electron chi connectivity index (χ4n) is 7.69. The number of nitrogens with zero attached hydrogens (tertiary/aromatic N) is 3. The minimum Gasteiger partial charge on any atom is -0.446 e. The molecule has 2 amide bonds. The van der Waals surface area contributed by atoms with Crippen molar-refractivity contribution < 1.29 is 23.9 Å². The number of ketones is 1. The SMILES string of the molecule is Cc1nc(CN(C)C(=O)c2cccc(C(=O)C[C@@H](Cc3ccccc3)[C@H](O)CN3C[C@H]4CCCC[C@H]4C[C@H]3C(=O)NC(C)(C)C)c2)c(C)o1. The van der Waals surface area contributed by atoms with Crippen molar-refractivity contribution in [3.05, 3.63) is 88.6 Å². The van der Waals surface area contributed by atoms with E-state index in [4.69, 9.17) is 4.42 Å². The molecule has 2 aliphatic rings. The molecule has 49 heavy (non-hydrogen) atoms. The fourth-order valence-corrected chi connectivity index (χ4v) is 7.69. The predicted octanol–water partition coefficient (Wildman–Crippen LogP) is 6.15. The predicted molar refractivity (Wildman–Crippen MR) is 190 cm³/mol. The molecule has 1 aliphatic heterocycles. The number of piperidine rings is 1. The number of rotatable bonds is 12. The summed E-state index contributed by atoms with van der Waals surface area (Å²) < 4.78 is 5.52. The number of β-amino-alcohol motifs (C(OH)–C–C–N with tert-alkyl or cyclic N) is 1. The van der Waals surface area contributed by atoms with Gasteiger partial charge >= 0.3 is 0 Å². The second-order valence-corrected chi connectivity index (χ2v) is 15.4. The molecular weight excluding hydrogens is 616 g/mol. The number of benzene rings is 2. The number of aryl methyl sites for hydroxylation is 2. The van der Waals surface area contributed by atoms with Crippen LogP contribution < -0.4 is 5.32 Å². The van der Waals surface area contributed by atoms with Crippen LogP contribution in [0.25, 0.3) is 0 Å². The van der Waals surface area contributed by atoms with Crippen molar-refractivity contribution >= 4 is 17.6 Å². The maximum Gasteiger partial charge on any atom is 0.253 e. The number of nitrogens with one attached hydrogen (secondary N) is 1. The van der Waals surface area contributed by atoms with Gasteiger partial charge in [-0.05, 0) is 82.4 Å². The van der Waals surface area contributed by atoms with Crippen LogP contribution in [0.4, 0.5) is 0 Å². The first-order valence-electron chi connectivity index (χ1n) is 17.9. The van der Waals surface area contributed by atoms with Crippen molar-refractivity contribution in [1.82, 2.24) is 20.1 Å². The van der Waals surface area contributed by atoms with Crippen LogP contribution in [0.15, 0.2) is 59.0 Å². The summed E-state index contributed by atoms with van der Waals surface area (Å²) in [6.45, 7) is 11.0. The lowest BCUT2D eigenvalue weighted by molar-refractivity contribution is -0.132. The summed E-state index contributed by atoms with van der Waals surface area (Å²) in [6, 6.07) is 16.4. The van der Waals surface area contributed by atoms with E-state index >= 15 is 0 Å². The Labute approximate surface area is 291 Å². The quantitative estimate of drug-likeness (QED) is 0.222. The Morgan fingerprint density at radius 1 is 1.02 bits per heavy atom. The number of carbonyl (C=O) groups is 3. The molecule has 2 aromatic carbocycles. The number of fused-ring (bicyclic) bond motifs is 1. The highest BCUT2D eigenvalue weighted by molar-refractivity contribution is 6.00. The smallest absolute Gasteiger partial charge is 0.253 e. The molecule has 2 fully saturated rings. The number of amides is 2. The maximum atomic E-state index is 13.9. The third-order valence-electron chi connectivity index (χ3n) is 10.2. The van der Waals surface area contributed by atoms with Crippen LogP contribution in [0.5, 0.6) is 0 Å². The zero-order valence-corrected chi connectivity index (χ0v) is 30.1. The van der Waals surface area contributed by atoms with Crippen LogP contribution in [0.1, 0.15) is 103 Å². The summed E-state index contributed by atoms with van der Waals surface area (Å²) in [4.78, 5) is 49.1. The fraction of sp³-hybridized carbons (Fsp3) is 0.550. The molecule has 1 saturated carbocycles. The summed E-state index contributed by atoms with van der Waals surface area (Å²) >= 11 is 0.